The standard InChI is InChI=1S/C19H25N5O3.ClH/c1-13-18(22-23-24(13)15-6-9-20-10-7-15)19(25)21-14-2-4-16(5-3-14)27-17-8-11-26-12-17;/h2-5,15,17,20H,6-12H2,1H3,(H,21,25);1H. The lowest BCUT2D eigenvalue weighted by molar-refractivity contribution is 0.102. The summed E-state index contributed by atoms with van der Waals surface area (Å²) < 4.78 is 13.0. The lowest BCUT2D eigenvalue weighted by atomic mass is 10.1. The first-order valence-corrected chi connectivity index (χ1v) is 9.49. The van der Waals surface area contributed by atoms with E-state index in [1.54, 1.807) is 0 Å². The van der Waals surface area contributed by atoms with Gasteiger partial charge in [-0.2, -0.15) is 0 Å². The molecule has 8 nitrogen and oxygen atoms in total. The zero-order valence-electron chi connectivity index (χ0n) is 15.9. The van der Waals surface area contributed by atoms with E-state index in [-0.39, 0.29) is 24.4 Å². The molecule has 152 valence electrons. The number of piperidine rings is 1. The van der Waals surface area contributed by atoms with Gasteiger partial charge in [0.15, 0.2) is 5.69 Å². The minimum absolute atomic E-state index is 0. The van der Waals surface area contributed by atoms with Crippen LogP contribution >= 0.6 is 12.4 Å². The van der Waals surface area contributed by atoms with Crippen LogP contribution in [0, 0.1) is 6.92 Å². The van der Waals surface area contributed by atoms with Crippen molar-refractivity contribution in [2.24, 2.45) is 0 Å². The average molecular weight is 408 g/mol. The highest BCUT2D eigenvalue weighted by Crippen LogP contribution is 2.22. The number of nitrogens with one attached hydrogen (secondary N) is 2. The molecular formula is C19H26ClN5O3. The minimum atomic E-state index is -0.245. The third-order valence-corrected chi connectivity index (χ3v) is 5.10. The van der Waals surface area contributed by atoms with Crippen molar-refractivity contribution in [2.45, 2.75) is 38.3 Å². The molecule has 2 saturated heterocycles. The maximum Gasteiger partial charge on any atom is 0.278 e. The molecule has 2 aromatic rings. The van der Waals surface area contributed by atoms with Gasteiger partial charge in [0.25, 0.3) is 5.91 Å². The first-order chi connectivity index (χ1) is 13.2. The van der Waals surface area contributed by atoms with Gasteiger partial charge in [0, 0.05) is 12.1 Å². The van der Waals surface area contributed by atoms with E-state index in [1.807, 2.05) is 35.9 Å². The highest BCUT2D eigenvalue weighted by atomic mass is 35.5. The summed E-state index contributed by atoms with van der Waals surface area (Å²) in [6.45, 7) is 5.21. The number of benzene rings is 1. The van der Waals surface area contributed by atoms with Crippen LogP contribution in [-0.2, 0) is 4.74 Å². The minimum Gasteiger partial charge on any atom is -0.488 e. The molecule has 28 heavy (non-hydrogen) atoms. The van der Waals surface area contributed by atoms with Gasteiger partial charge in [-0.05, 0) is 57.1 Å². The van der Waals surface area contributed by atoms with Gasteiger partial charge in [-0.1, -0.05) is 5.21 Å². The molecule has 0 saturated carbocycles. The van der Waals surface area contributed by atoms with Crippen molar-refractivity contribution in [3.8, 4) is 5.75 Å². The maximum atomic E-state index is 12.6. The second-order valence-electron chi connectivity index (χ2n) is 7.03. The number of carbonyl (C=O) groups excluding carboxylic acids is 1. The third-order valence-electron chi connectivity index (χ3n) is 5.10. The molecule has 2 aliphatic heterocycles. The molecule has 0 spiro atoms. The first kappa shape index (κ1) is 20.6. The number of hydrogen-bond donors (Lipinski definition) is 2. The molecule has 1 aromatic heterocycles. The van der Waals surface area contributed by atoms with Crippen LogP contribution < -0.4 is 15.4 Å². The second kappa shape index (κ2) is 9.36. The zero-order valence-corrected chi connectivity index (χ0v) is 16.7. The van der Waals surface area contributed by atoms with E-state index in [0.717, 1.165) is 50.4 Å². The van der Waals surface area contributed by atoms with E-state index in [0.29, 0.717) is 24.0 Å². The quantitative estimate of drug-likeness (QED) is 0.790. The Bertz CT molecular complexity index is 783. The smallest absolute Gasteiger partial charge is 0.278 e. The molecule has 1 amide bonds. The predicted molar refractivity (Wildman–Crippen MR) is 107 cm³/mol. The average Bonchev–Trinajstić information content (AvgIpc) is 3.33. The molecule has 2 fully saturated rings. The topological polar surface area (TPSA) is 90.3 Å². The monoisotopic (exact) mass is 407 g/mol. The Morgan fingerprint density at radius 2 is 2.00 bits per heavy atom. The van der Waals surface area contributed by atoms with Crippen LogP contribution in [0.5, 0.6) is 5.75 Å². The van der Waals surface area contributed by atoms with Crippen LogP contribution in [0.1, 0.15) is 41.5 Å². The molecule has 1 aromatic carbocycles. The molecule has 1 unspecified atom stereocenters. The Balaban J connectivity index is 0.00000225. The van der Waals surface area contributed by atoms with E-state index in [4.69, 9.17) is 9.47 Å². The van der Waals surface area contributed by atoms with Crippen molar-refractivity contribution in [3.05, 3.63) is 35.7 Å². The summed E-state index contributed by atoms with van der Waals surface area (Å²) in [5, 5.41) is 14.6. The fourth-order valence-corrected chi connectivity index (χ4v) is 3.55. The number of aromatic nitrogens is 3. The summed E-state index contributed by atoms with van der Waals surface area (Å²) in [4.78, 5) is 12.6. The van der Waals surface area contributed by atoms with Gasteiger partial charge in [-0.25, -0.2) is 4.68 Å². The summed E-state index contributed by atoms with van der Waals surface area (Å²) in [7, 11) is 0. The van der Waals surface area contributed by atoms with Gasteiger partial charge in [-0.3, -0.25) is 4.79 Å². The SMILES string of the molecule is Cc1c(C(=O)Nc2ccc(OC3CCOC3)cc2)nnn1C1CCNCC1.Cl. The van der Waals surface area contributed by atoms with E-state index >= 15 is 0 Å². The number of hydrogen-bond acceptors (Lipinski definition) is 6. The Labute approximate surface area is 170 Å². The second-order valence-corrected chi connectivity index (χ2v) is 7.03. The molecule has 0 bridgehead atoms. The van der Waals surface area contributed by atoms with E-state index < -0.39 is 0 Å². The van der Waals surface area contributed by atoms with E-state index in [1.165, 1.54) is 0 Å². The highest BCUT2D eigenvalue weighted by molar-refractivity contribution is 6.03. The van der Waals surface area contributed by atoms with E-state index in [9.17, 15) is 4.79 Å². The van der Waals surface area contributed by atoms with Gasteiger partial charge >= 0.3 is 0 Å². The fourth-order valence-electron chi connectivity index (χ4n) is 3.55. The van der Waals surface area contributed by atoms with Crippen LogP contribution in [-0.4, -0.2) is 53.3 Å². The molecule has 9 heteroatoms. The molecular weight excluding hydrogens is 382 g/mol. The van der Waals surface area contributed by atoms with Crippen molar-refractivity contribution in [3.63, 3.8) is 0 Å². The Kier molecular flexibility index (Phi) is 6.88. The molecule has 4 rings (SSSR count). The largest absolute Gasteiger partial charge is 0.488 e. The fraction of sp³-hybridized carbons (Fsp3) is 0.526. The summed E-state index contributed by atoms with van der Waals surface area (Å²) in [6.07, 6.45) is 3.01. The Morgan fingerprint density at radius 1 is 1.25 bits per heavy atom. The normalized spacial score (nSPS) is 19.8. The van der Waals surface area contributed by atoms with Crippen molar-refractivity contribution < 1.29 is 14.3 Å². The molecule has 0 aliphatic carbocycles. The number of carbonyl (C=O) groups is 1. The first-order valence-electron chi connectivity index (χ1n) is 9.49. The van der Waals surface area contributed by atoms with Crippen molar-refractivity contribution in [1.29, 1.82) is 0 Å². The number of ether oxygens (including phenoxy) is 2. The highest BCUT2D eigenvalue weighted by Gasteiger charge is 2.23. The van der Waals surface area contributed by atoms with Crippen LogP contribution in [0.4, 0.5) is 5.69 Å². The summed E-state index contributed by atoms with van der Waals surface area (Å²) >= 11 is 0. The lowest BCUT2D eigenvalue weighted by Gasteiger charge is -2.23. The van der Waals surface area contributed by atoms with Crippen molar-refractivity contribution in [1.82, 2.24) is 20.3 Å². The molecule has 0 radical (unpaired) electrons. The number of amides is 1. The van der Waals surface area contributed by atoms with E-state index in [2.05, 4.69) is 20.9 Å². The summed E-state index contributed by atoms with van der Waals surface area (Å²) in [5.41, 5.74) is 1.88. The van der Waals surface area contributed by atoms with Gasteiger partial charge in [0.2, 0.25) is 0 Å². The lowest BCUT2D eigenvalue weighted by Crippen LogP contribution is -2.30. The molecule has 2 N–H and O–H groups in total. The zero-order chi connectivity index (χ0) is 18.6. The van der Waals surface area contributed by atoms with Crippen LogP contribution in [0.3, 0.4) is 0 Å². The molecule has 2 aliphatic rings. The van der Waals surface area contributed by atoms with Crippen LogP contribution in [0.15, 0.2) is 24.3 Å². The number of nitrogens with zero attached hydrogens (tertiary/aromatic N) is 3. The predicted octanol–water partition coefficient (Wildman–Crippen LogP) is 2.35. The Morgan fingerprint density at radius 3 is 2.68 bits per heavy atom. The summed E-state index contributed by atoms with van der Waals surface area (Å²) in [6, 6.07) is 7.67. The summed E-state index contributed by atoms with van der Waals surface area (Å²) in [5.74, 6) is 0.530. The van der Waals surface area contributed by atoms with Crippen molar-refractivity contribution in [2.75, 3.05) is 31.6 Å². The van der Waals surface area contributed by atoms with Gasteiger partial charge in [0.1, 0.15) is 11.9 Å². The third kappa shape index (κ3) is 4.63. The number of anilines is 1. The van der Waals surface area contributed by atoms with Gasteiger partial charge in [0.05, 0.1) is 24.9 Å². The molecule has 3 heterocycles. The number of halogens is 1. The van der Waals surface area contributed by atoms with Crippen LogP contribution in [0.25, 0.3) is 0 Å². The molecule has 1 atom stereocenters. The van der Waals surface area contributed by atoms with Crippen LogP contribution in [0.2, 0.25) is 0 Å². The van der Waals surface area contributed by atoms with Gasteiger partial charge in [-0.15, -0.1) is 17.5 Å². The Hall–Kier alpha value is -2.16. The number of rotatable bonds is 5. The van der Waals surface area contributed by atoms with Crippen molar-refractivity contribution >= 4 is 24.0 Å². The van der Waals surface area contributed by atoms with Gasteiger partial charge < -0.3 is 20.1 Å². The maximum absolute atomic E-state index is 12.6.